The quantitative estimate of drug-likeness (QED) is 0.792. The van der Waals surface area contributed by atoms with Gasteiger partial charge in [-0.25, -0.2) is 4.98 Å². The molecule has 1 heterocycles. The highest BCUT2D eigenvalue weighted by atomic mass is 15.0. The summed E-state index contributed by atoms with van der Waals surface area (Å²) in [4.78, 5) is 4.25. The number of hydrogen-bond donors (Lipinski definition) is 1. The standard InChI is InChI=1S/C12H18N2/c1-10-5-6-11(8-10)9-14-12-4-2-3-7-13-12/h2-4,7,10-11H,5-6,8-9H2,1H3,(H,13,14). The molecule has 0 radical (unpaired) electrons. The van der Waals surface area contributed by atoms with Crippen LogP contribution >= 0.6 is 0 Å². The Morgan fingerprint density at radius 3 is 3.00 bits per heavy atom. The summed E-state index contributed by atoms with van der Waals surface area (Å²) in [6, 6.07) is 5.99. The predicted octanol–water partition coefficient (Wildman–Crippen LogP) is 2.93. The maximum atomic E-state index is 4.25. The highest BCUT2D eigenvalue weighted by molar-refractivity contribution is 5.32. The average Bonchev–Trinajstić information content (AvgIpc) is 2.63. The monoisotopic (exact) mass is 190 g/mol. The molecule has 1 aliphatic rings. The van der Waals surface area contributed by atoms with Gasteiger partial charge < -0.3 is 5.32 Å². The Balaban J connectivity index is 1.78. The molecule has 1 saturated carbocycles. The smallest absolute Gasteiger partial charge is 0.125 e. The number of rotatable bonds is 3. The lowest BCUT2D eigenvalue weighted by molar-refractivity contribution is 0.536. The average molecular weight is 190 g/mol. The SMILES string of the molecule is CC1CCC(CNc2ccccn2)C1. The highest BCUT2D eigenvalue weighted by Crippen LogP contribution is 2.30. The molecule has 1 aliphatic carbocycles. The molecule has 0 aliphatic heterocycles. The molecule has 1 aromatic rings. The summed E-state index contributed by atoms with van der Waals surface area (Å²) in [6.45, 7) is 3.43. The van der Waals surface area contributed by atoms with E-state index in [0.29, 0.717) is 0 Å². The van der Waals surface area contributed by atoms with Crippen LogP contribution in [0, 0.1) is 11.8 Å². The van der Waals surface area contributed by atoms with Crippen molar-refractivity contribution in [1.29, 1.82) is 0 Å². The van der Waals surface area contributed by atoms with Crippen LogP contribution in [-0.2, 0) is 0 Å². The van der Waals surface area contributed by atoms with Gasteiger partial charge in [0, 0.05) is 12.7 Å². The second kappa shape index (κ2) is 4.45. The zero-order valence-electron chi connectivity index (χ0n) is 8.74. The van der Waals surface area contributed by atoms with E-state index in [1.807, 2.05) is 24.4 Å². The number of aromatic nitrogens is 1. The predicted molar refractivity (Wildman–Crippen MR) is 59.2 cm³/mol. The summed E-state index contributed by atoms with van der Waals surface area (Å²) < 4.78 is 0. The largest absolute Gasteiger partial charge is 0.370 e. The molecule has 2 nitrogen and oxygen atoms in total. The van der Waals surface area contributed by atoms with Crippen LogP contribution in [0.4, 0.5) is 5.82 Å². The van der Waals surface area contributed by atoms with Crippen molar-refractivity contribution in [3.63, 3.8) is 0 Å². The third kappa shape index (κ3) is 2.47. The number of nitrogens with one attached hydrogen (secondary N) is 1. The fourth-order valence-electron chi connectivity index (χ4n) is 2.23. The summed E-state index contributed by atoms with van der Waals surface area (Å²) in [5, 5.41) is 3.40. The number of anilines is 1. The van der Waals surface area contributed by atoms with Gasteiger partial charge in [-0.2, -0.15) is 0 Å². The second-order valence-electron chi connectivity index (χ2n) is 4.38. The lowest BCUT2D eigenvalue weighted by Gasteiger charge is -2.11. The van der Waals surface area contributed by atoms with E-state index in [2.05, 4.69) is 17.2 Å². The molecule has 14 heavy (non-hydrogen) atoms. The molecule has 1 aromatic heterocycles. The third-order valence-electron chi connectivity index (χ3n) is 3.04. The van der Waals surface area contributed by atoms with Crippen molar-refractivity contribution in [3.05, 3.63) is 24.4 Å². The molecule has 2 unspecified atom stereocenters. The lowest BCUT2D eigenvalue weighted by Crippen LogP contribution is -2.12. The minimum atomic E-state index is 0.854. The molecule has 0 saturated heterocycles. The van der Waals surface area contributed by atoms with Crippen molar-refractivity contribution in [3.8, 4) is 0 Å². The first kappa shape index (κ1) is 9.50. The van der Waals surface area contributed by atoms with Crippen LogP contribution in [0.25, 0.3) is 0 Å². The van der Waals surface area contributed by atoms with Crippen molar-refractivity contribution in [2.45, 2.75) is 26.2 Å². The second-order valence-corrected chi connectivity index (χ2v) is 4.38. The van der Waals surface area contributed by atoms with Gasteiger partial charge in [-0.1, -0.05) is 19.4 Å². The van der Waals surface area contributed by atoms with Gasteiger partial charge in [-0.3, -0.25) is 0 Å². The first-order valence-electron chi connectivity index (χ1n) is 5.49. The summed E-state index contributed by atoms with van der Waals surface area (Å²) >= 11 is 0. The molecule has 2 rings (SSSR count). The Hall–Kier alpha value is -1.05. The van der Waals surface area contributed by atoms with Crippen molar-refractivity contribution in [2.24, 2.45) is 11.8 Å². The molecule has 1 fully saturated rings. The van der Waals surface area contributed by atoms with Crippen LogP contribution in [0.15, 0.2) is 24.4 Å². The van der Waals surface area contributed by atoms with Crippen LogP contribution in [-0.4, -0.2) is 11.5 Å². The number of nitrogens with zero attached hydrogens (tertiary/aromatic N) is 1. The molecule has 0 spiro atoms. The number of pyridine rings is 1. The lowest BCUT2D eigenvalue weighted by atomic mass is 10.1. The van der Waals surface area contributed by atoms with E-state index in [4.69, 9.17) is 0 Å². The molecule has 2 heteroatoms. The van der Waals surface area contributed by atoms with Crippen LogP contribution in [0.2, 0.25) is 0 Å². The highest BCUT2D eigenvalue weighted by Gasteiger charge is 2.20. The Kier molecular flexibility index (Phi) is 3.02. The maximum Gasteiger partial charge on any atom is 0.125 e. The molecule has 0 aromatic carbocycles. The fourth-order valence-corrected chi connectivity index (χ4v) is 2.23. The molecule has 0 bridgehead atoms. The van der Waals surface area contributed by atoms with Crippen LogP contribution in [0.1, 0.15) is 26.2 Å². The van der Waals surface area contributed by atoms with Gasteiger partial charge in [-0.15, -0.1) is 0 Å². The van der Waals surface area contributed by atoms with Crippen LogP contribution in [0.5, 0.6) is 0 Å². The first-order valence-corrected chi connectivity index (χ1v) is 5.49. The number of hydrogen-bond acceptors (Lipinski definition) is 2. The molecule has 1 N–H and O–H groups in total. The maximum absolute atomic E-state index is 4.25. The van der Waals surface area contributed by atoms with E-state index in [1.54, 1.807) is 0 Å². The summed E-state index contributed by atoms with van der Waals surface area (Å²) in [7, 11) is 0. The zero-order valence-corrected chi connectivity index (χ0v) is 8.74. The Morgan fingerprint density at radius 1 is 1.43 bits per heavy atom. The van der Waals surface area contributed by atoms with Gasteiger partial charge in [0.05, 0.1) is 0 Å². The van der Waals surface area contributed by atoms with Crippen molar-refractivity contribution >= 4 is 5.82 Å². The minimum Gasteiger partial charge on any atom is -0.370 e. The van der Waals surface area contributed by atoms with Crippen LogP contribution in [0.3, 0.4) is 0 Å². The van der Waals surface area contributed by atoms with E-state index in [0.717, 1.165) is 24.2 Å². The summed E-state index contributed by atoms with van der Waals surface area (Å²) in [5.41, 5.74) is 0. The van der Waals surface area contributed by atoms with Gasteiger partial charge in [-0.05, 0) is 36.8 Å². The van der Waals surface area contributed by atoms with E-state index >= 15 is 0 Å². The van der Waals surface area contributed by atoms with Gasteiger partial charge in [0.25, 0.3) is 0 Å². The normalized spacial score (nSPS) is 26.4. The van der Waals surface area contributed by atoms with Crippen molar-refractivity contribution < 1.29 is 0 Å². The van der Waals surface area contributed by atoms with E-state index < -0.39 is 0 Å². The molecular weight excluding hydrogens is 172 g/mol. The Bertz CT molecular complexity index is 271. The van der Waals surface area contributed by atoms with Gasteiger partial charge in [0.2, 0.25) is 0 Å². The summed E-state index contributed by atoms with van der Waals surface area (Å²) in [5.74, 6) is 2.78. The van der Waals surface area contributed by atoms with E-state index in [-0.39, 0.29) is 0 Å². The Morgan fingerprint density at radius 2 is 2.36 bits per heavy atom. The molecule has 2 atom stereocenters. The van der Waals surface area contributed by atoms with E-state index in [1.165, 1.54) is 19.3 Å². The van der Waals surface area contributed by atoms with Crippen molar-refractivity contribution in [2.75, 3.05) is 11.9 Å². The molecular formula is C12H18N2. The molecule has 0 amide bonds. The van der Waals surface area contributed by atoms with E-state index in [9.17, 15) is 0 Å². The van der Waals surface area contributed by atoms with Gasteiger partial charge in [0.15, 0.2) is 0 Å². The topological polar surface area (TPSA) is 24.9 Å². The first-order chi connectivity index (χ1) is 6.84. The van der Waals surface area contributed by atoms with Gasteiger partial charge >= 0.3 is 0 Å². The Labute approximate surface area is 85.7 Å². The zero-order chi connectivity index (χ0) is 9.80. The summed E-state index contributed by atoms with van der Waals surface area (Å²) in [6.07, 6.45) is 5.98. The van der Waals surface area contributed by atoms with Crippen LogP contribution < -0.4 is 5.32 Å². The molecule has 76 valence electrons. The van der Waals surface area contributed by atoms with Crippen molar-refractivity contribution in [1.82, 2.24) is 4.98 Å². The minimum absolute atomic E-state index is 0.854. The third-order valence-corrected chi connectivity index (χ3v) is 3.04. The van der Waals surface area contributed by atoms with Gasteiger partial charge in [0.1, 0.15) is 5.82 Å². The fraction of sp³-hybridized carbons (Fsp3) is 0.583.